The smallest absolute Gasteiger partial charge is 0.406 e. The number of aryl methyl sites for hydroxylation is 2. The van der Waals surface area contributed by atoms with Gasteiger partial charge in [0.1, 0.15) is 24.2 Å². The van der Waals surface area contributed by atoms with Crippen LogP contribution in [0.3, 0.4) is 0 Å². The van der Waals surface area contributed by atoms with Crippen molar-refractivity contribution < 1.29 is 17.9 Å². The highest BCUT2D eigenvalue weighted by atomic mass is 19.4. The van der Waals surface area contributed by atoms with E-state index in [1.165, 1.54) is 29.4 Å². The first kappa shape index (κ1) is 20.4. The zero-order valence-electron chi connectivity index (χ0n) is 17.4. The van der Waals surface area contributed by atoms with Gasteiger partial charge in [-0.25, -0.2) is 4.98 Å². The van der Waals surface area contributed by atoms with Crippen molar-refractivity contribution in [3.63, 3.8) is 0 Å². The van der Waals surface area contributed by atoms with Gasteiger partial charge in [0.15, 0.2) is 0 Å². The lowest BCUT2D eigenvalue weighted by Gasteiger charge is -2.31. The van der Waals surface area contributed by atoms with Crippen molar-refractivity contribution >= 4 is 10.9 Å². The van der Waals surface area contributed by atoms with E-state index in [4.69, 9.17) is 9.72 Å². The molecule has 0 radical (unpaired) electrons. The molecule has 31 heavy (non-hydrogen) atoms. The summed E-state index contributed by atoms with van der Waals surface area (Å²) in [5.74, 6) is 1.88. The number of rotatable bonds is 5. The van der Waals surface area contributed by atoms with Crippen LogP contribution < -0.4 is 4.74 Å². The Balaban J connectivity index is 1.20. The molecular weight excluding hydrogens is 405 g/mol. The first-order valence-corrected chi connectivity index (χ1v) is 11.0. The summed E-state index contributed by atoms with van der Waals surface area (Å²) in [5.41, 5.74) is 1.70. The summed E-state index contributed by atoms with van der Waals surface area (Å²) < 4.78 is 48.2. The van der Waals surface area contributed by atoms with E-state index in [0.29, 0.717) is 11.3 Å². The van der Waals surface area contributed by atoms with Gasteiger partial charge in [-0.3, -0.25) is 4.90 Å². The van der Waals surface area contributed by atoms with Crippen LogP contribution in [-0.4, -0.2) is 44.4 Å². The molecule has 0 saturated carbocycles. The largest absolute Gasteiger partial charge is 0.490 e. The summed E-state index contributed by atoms with van der Waals surface area (Å²) in [6, 6.07) is 7.04. The standard InChI is InChI=1S/C23H27F3N4O/c24-23(25,26)16-30-13-9-19-20(30)4-3-5-21(19)31-18-7-11-28(12-8-18)14-17-15-29-10-2-1-6-22(29)27-17/h3-5,9,13,15,18H,1-2,6-8,10-12,14,16H2. The number of imidazole rings is 1. The number of halogens is 3. The first-order valence-electron chi connectivity index (χ1n) is 11.0. The molecule has 0 unspecified atom stereocenters. The number of likely N-dealkylation sites (tertiary alicyclic amines) is 1. The number of fused-ring (bicyclic) bond motifs is 2. The van der Waals surface area contributed by atoms with E-state index in [-0.39, 0.29) is 6.10 Å². The fraction of sp³-hybridized carbons (Fsp3) is 0.522. The topological polar surface area (TPSA) is 35.2 Å². The molecule has 5 rings (SSSR count). The molecule has 0 N–H and O–H groups in total. The second-order valence-electron chi connectivity index (χ2n) is 8.64. The van der Waals surface area contributed by atoms with Gasteiger partial charge in [0, 0.05) is 50.4 Å². The fourth-order valence-electron chi connectivity index (χ4n) is 4.77. The molecule has 3 aromatic rings. The Hall–Kier alpha value is -2.48. The molecule has 0 amide bonds. The second-order valence-corrected chi connectivity index (χ2v) is 8.64. The summed E-state index contributed by atoms with van der Waals surface area (Å²) in [7, 11) is 0. The lowest BCUT2D eigenvalue weighted by atomic mass is 10.1. The Morgan fingerprint density at radius 1 is 1.06 bits per heavy atom. The van der Waals surface area contributed by atoms with Crippen molar-refractivity contribution in [2.45, 2.75) is 64.0 Å². The Labute approximate surface area is 179 Å². The van der Waals surface area contributed by atoms with Gasteiger partial charge in [-0.1, -0.05) is 6.07 Å². The van der Waals surface area contributed by atoms with Gasteiger partial charge in [0.25, 0.3) is 0 Å². The molecule has 0 aliphatic carbocycles. The minimum atomic E-state index is -4.25. The zero-order valence-corrected chi connectivity index (χ0v) is 17.4. The molecule has 8 heteroatoms. The predicted molar refractivity (Wildman–Crippen MR) is 112 cm³/mol. The highest BCUT2D eigenvalue weighted by Gasteiger charge is 2.29. The van der Waals surface area contributed by atoms with Crippen molar-refractivity contribution in [3.05, 3.63) is 48.2 Å². The maximum absolute atomic E-state index is 12.8. The zero-order chi connectivity index (χ0) is 21.4. The van der Waals surface area contributed by atoms with Gasteiger partial charge >= 0.3 is 6.18 Å². The number of benzene rings is 1. The van der Waals surface area contributed by atoms with Gasteiger partial charge < -0.3 is 13.9 Å². The summed E-state index contributed by atoms with van der Waals surface area (Å²) in [6.07, 6.45) is 4.84. The quantitative estimate of drug-likeness (QED) is 0.582. The summed E-state index contributed by atoms with van der Waals surface area (Å²) >= 11 is 0. The van der Waals surface area contributed by atoms with Gasteiger partial charge in [-0.2, -0.15) is 13.2 Å². The van der Waals surface area contributed by atoms with Crippen LogP contribution in [0.4, 0.5) is 13.2 Å². The average molecular weight is 432 g/mol. The number of nitrogens with zero attached hydrogens (tertiary/aromatic N) is 4. The summed E-state index contributed by atoms with van der Waals surface area (Å²) in [4.78, 5) is 7.21. The van der Waals surface area contributed by atoms with Crippen LogP contribution in [0.1, 0.15) is 37.2 Å². The highest BCUT2D eigenvalue weighted by Crippen LogP contribution is 2.31. The summed E-state index contributed by atoms with van der Waals surface area (Å²) in [6.45, 7) is 2.81. The third kappa shape index (κ3) is 4.59. The molecule has 2 aliphatic rings. The summed E-state index contributed by atoms with van der Waals surface area (Å²) in [5, 5.41) is 0.734. The molecule has 0 bridgehead atoms. The van der Waals surface area contributed by atoms with Crippen molar-refractivity contribution in [3.8, 4) is 5.75 Å². The molecule has 4 heterocycles. The molecule has 1 aromatic carbocycles. The Bertz CT molecular complexity index is 1020. The van der Waals surface area contributed by atoms with E-state index < -0.39 is 12.7 Å². The van der Waals surface area contributed by atoms with Gasteiger partial charge in [0.2, 0.25) is 0 Å². The van der Waals surface area contributed by atoms with Crippen LogP contribution in [0.15, 0.2) is 36.7 Å². The van der Waals surface area contributed by atoms with Crippen molar-refractivity contribution in [2.75, 3.05) is 13.1 Å². The minimum Gasteiger partial charge on any atom is -0.490 e. The van der Waals surface area contributed by atoms with Crippen LogP contribution in [-0.2, 0) is 26.1 Å². The number of ether oxygens (including phenoxy) is 1. The van der Waals surface area contributed by atoms with E-state index in [1.54, 1.807) is 18.2 Å². The van der Waals surface area contributed by atoms with Crippen molar-refractivity contribution in [2.24, 2.45) is 0 Å². The number of hydrogen-bond acceptors (Lipinski definition) is 3. The number of hydrogen-bond donors (Lipinski definition) is 0. The highest BCUT2D eigenvalue weighted by molar-refractivity contribution is 5.86. The lowest BCUT2D eigenvalue weighted by Crippen LogP contribution is -2.37. The molecule has 5 nitrogen and oxygen atoms in total. The average Bonchev–Trinajstić information content (AvgIpc) is 3.32. The SMILES string of the molecule is FC(F)(F)Cn1ccc2c(OC3CCN(Cc4cn5c(n4)CCCC5)CC3)cccc21. The number of piperidine rings is 1. The predicted octanol–water partition coefficient (Wildman–Crippen LogP) is 4.78. The molecule has 1 fully saturated rings. The van der Waals surface area contributed by atoms with Crippen molar-refractivity contribution in [1.82, 2.24) is 19.0 Å². The van der Waals surface area contributed by atoms with Crippen LogP contribution in [0.2, 0.25) is 0 Å². The second kappa shape index (κ2) is 8.22. The molecule has 2 aromatic heterocycles. The Morgan fingerprint density at radius 3 is 2.68 bits per heavy atom. The van der Waals surface area contributed by atoms with Crippen LogP contribution in [0.5, 0.6) is 5.75 Å². The van der Waals surface area contributed by atoms with Crippen LogP contribution >= 0.6 is 0 Å². The fourth-order valence-corrected chi connectivity index (χ4v) is 4.77. The Kier molecular flexibility index (Phi) is 5.42. The molecule has 2 aliphatic heterocycles. The molecule has 1 saturated heterocycles. The maximum atomic E-state index is 12.8. The van der Waals surface area contributed by atoms with E-state index in [0.717, 1.165) is 56.5 Å². The van der Waals surface area contributed by atoms with E-state index in [2.05, 4.69) is 15.7 Å². The van der Waals surface area contributed by atoms with Gasteiger partial charge in [0.05, 0.1) is 11.2 Å². The van der Waals surface area contributed by atoms with Crippen LogP contribution in [0.25, 0.3) is 10.9 Å². The molecule has 0 atom stereocenters. The van der Waals surface area contributed by atoms with Crippen LogP contribution in [0, 0.1) is 0 Å². The van der Waals surface area contributed by atoms with Gasteiger partial charge in [-0.15, -0.1) is 0 Å². The monoisotopic (exact) mass is 432 g/mol. The third-order valence-electron chi connectivity index (χ3n) is 6.30. The normalized spacial score (nSPS) is 18.4. The maximum Gasteiger partial charge on any atom is 0.406 e. The number of alkyl halides is 3. The molecule has 166 valence electrons. The van der Waals surface area contributed by atoms with E-state index >= 15 is 0 Å². The minimum absolute atomic E-state index is 0.0722. The van der Waals surface area contributed by atoms with E-state index in [1.807, 2.05) is 6.07 Å². The number of aromatic nitrogens is 3. The van der Waals surface area contributed by atoms with Gasteiger partial charge in [-0.05, 0) is 43.9 Å². The van der Waals surface area contributed by atoms with Crippen molar-refractivity contribution in [1.29, 1.82) is 0 Å². The van der Waals surface area contributed by atoms with E-state index in [9.17, 15) is 13.2 Å². The third-order valence-corrected chi connectivity index (χ3v) is 6.30. The molecular formula is C23H27F3N4O. The first-order chi connectivity index (χ1) is 14.9. The lowest BCUT2D eigenvalue weighted by molar-refractivity contribution is -0.139. The Morgan fingerprint density at radius 2 is 1.90 bits per heavy atom. The molecule has 0 spiro atoms.